The van der Waals surface area contributed by atoms with Gasteiger partial charge < -0.3 is 19.0 Å². The summed E-state index contributed by atoms with van der Waals surface area (Å²) in [6.07, 6.45) is -0.728. The number of aliphatic hydroxyl groups excluding tert-OH is 1. The van der Waals surface area contributed by atoms with E-state index in [-0.39, 0.29) is 13.2 Å². The molecule has 0 aliphatic heterocycles. The maximum atomic E-state index is 11.2. The van der Waals surface area contributed by atoms with Gasteiger partial charge in [0.2, 0.25) is 0 Å². The molecule has 2 heterocycles. The third-order valence-corrected chi connectivity index (χ3v) is 4.02. The Morgan fingerprint density at radius 3 is 2.87 bits per heavy atom. The van der Waals surface area contributed by atoms with Crippen LogP contribution in [-0.4, -0.2) is 24.4 Å². The Morgan fingerprint density at radius 1 is 1.17 bits per heavy atom. The zero-order chi connectivity index (χ0) is 16.1. The van der Waals surface area contributed by atoms with Crippen LogP contribution in [0.1, 0.15) is 4.88 Å². The fourth-order valence-electron chi connectivity index (χ4n) is 2.06. The van der Waals surface area contributed by atoms with Crippen LogP contribution in [0.5, 0.6) is 5.75 Å². The minimum Gasteiger partial charge on any atom is -0.491 e. The summed E-state index contributed by atoms with van der Waals surface area (Å²) < 4.78 is 16.0. The van der Waals surface area contributed by atoms with E-state index in [0.29, 0.717) is 17.9 Å². The van der Waals surface area contributed by atoms with Gasteiger partial charge in [-0.3, -0.25) is 0 Å². The number of hydrogen-bond acceptors (Lipinski definition) is 6. The second kappa shape index (κ2) is 7.41. The van der Waals surface area contributed by atoms with Gasteiger partial charge in [0.25, 0.3) is 0 Å². The monoisotopic (exact) mass is 332 g/mol. The van der Waals surface area contributed by atoms with Gasteiger partial charge in [-0.2, -0.15) is 0 Å². The van der Waals surface area contributed by atoms with Crippen LogP contribution in [-0.2, 0) is 11.3 Å². The Bertz CT molecular complexity index is 809. The van der Waals surface area contributed by atoms with Crippen LogP contribution in [0.25, 0.3) is 11.0 Å². The van der Waals surface area contributed by atoms with Crippen LogP contribution in [0.15, 0.2) is 57.1 Å². The average Bonchev–Trinajstić information content (AvgIpc) is 3.06. The zero-order valence-electron chi connectivity index (χ0n) is 12.3. The van der Waals surface area contributed by atoms with Gasteiger partial charge in [0.1, 0.15) is 24.0 Å². The summed E-state index contributed by atoms with van der Waals surface area (Å²) in [5.41, 5.74) is 0.0510. The molecule has 1 unspecified atom stereocenters. The molecule has 1 aromatic carbocycles. The van der Waals surface area contributed by atoms with Crippen molar-refractivity contribution in [2.24, 2.45) is 0 Å². The predicted octanol–water partition coefficient (Wildman–Crippen LogP) is 2.81. The Kier molecular flexibility index (Phi) is 5.07. The Hall–Kier alpha value is -2.15. The summed E-state index contributed by atoms with van der Waals surface area (Å²) in [4.78, 5) is 12.3. The largest absolute Gasteiger partial charge is 0.491 e. The van der Waals surface area contributed by atoms with Gasteiger partial charge in [0.05, 0.1) is 13.2 Å². The highest BCUT2D eigenvalue weighted by Crippen LogP contribution is 2.19. The molecular formula is C17H16O5S. The first-order valence-corrected chi connectivity index (χ1v) is 8.03. The van der Waals surface area contributed by atoms with Crippen LogP contribution in [0, 0.1) is 0 Å². The molecule has 0 spiro atoms. The third-order valence-electron chi connectivity index (χ3n) is 3.17. The second-order valence-corrected chi connectivity index (χ2v) is 6.05. The van der Waals surface area contributed by atoms with Gasteiger partial charge in [0, 0.05) is 22.4 Å². The van der Waals surface area contributed by atoms with Crippen molar-refractivity contribution in [3.05, 3.63) is 63.1 Å². The molecule has 0 saturated heterocycles. The van der Waals surface area contributed by atoms with Crippen molar-refractivity contribution in [1.82, 2.24) is 0 Å². The topological polar surface area (TPSA) is 68.9 Å². The molecule has 0 saturated carbocycles. The lowest BCUT2D eigenvalue weighted by atomic mass is 10.2. The average molecular weight is 332 g/mol. The van der Waals surface area contributed by atoms with E-state index in [0.717, 1.165) is 10.3 Å². The summed E-state index contributed by atoms with van der Waals surface area (Å²) in [7, 11) is 0. The molecule has 6 heteroatoms. The molecule has 0 radical (unpaired) electrons. The van der Waals surface area contributed by atoms with Crippen LogP contribution in [0.4, 0.5) is 0 Å². The first-order valence-electron chi connectivity index (χ1n) is 7.15. The Labute approximate surface area is 136 Å². The molecule has 0 aliphatic carbocycles. The molecule has 23 heavy (non-hydrogen) atoms. The van der Waals surface area contributed by atoms with Crippen LogP contribution in [0.3, 0.4) is 0 Å². The lowest BCUT2D eigenvalue weighted by Crippen LogP contribution is -2.23. The van der Waals surface area contributed by atoms with E-state index in [1.54, 1.807) is 35.6 Å². The Morgan fingerprint density at radius 2 is 2.04 bits per heavy atom. The van der Waals surface area contributed by atoms with Crippen LogP contribution >= 0.6 is 11.3 Å². The number of hydrogen-bond donors (Lipinski definition) is 1. The minimum atomic E-state index is -0.728. The SMILES string of the molecule is O=c1ccc2ccc(OCC(O)COCc3cccs3)cc2o1. The summed E-state index contributed by atoms with van der Waals surface area (Å²) in [6, 6.07) is 12.2. The first kappa shape index (κ1) is 15.7. The maximum absolute atomic E-state index is 11.2. The molecule has 0 fully saturated rings. The van der Waals surface area contributed by atoms with Crippen molar-refractivity contribution in [3.63, 3.8) is 0 Å². The van der Waals surface area contributed by atoms with Gasteiger partial charge >= 0.3 is 5.63 Å². The maximum Gasteiger partial charge on any atom is 0.336 e. The van der Waals surface area contributed by atoms with Crippen molar-refractivity contribution in [1.29, 1.82) is 0 Å². The van der Waals surface area contributed by atoms with E-state index in [1.165, 1.54) is 6.07 Å². The zero-order valence-corrected chi connectivity index (χ0v) is 13.1. The smallest absolute Gasteiger partial charge is 0.336 e. The van der Waals surface area contributed by atoms with Gasteiger partial charge in [-0.1, -0.05) is 6.07 Å². The molecule has 3 rings (SSSR count). The Balaban J connectivity index is 1.50. The van der Waals surface area contributed by atoms with E-state index in [4.69, 9.17) is 13.9 Å². The number of benzene rings is 1. The van der Waals surface area contributed by atoms with E-state index < -0.39 is 11.7 Å². The molecule has 1 atom stereocenters. The lowest BCUT2D eigenvalue weighted by molar-refractivity contribution is 0.00626. The van der Waals surface area contributed by atoms with E-state index in [1.807, 2.05) is 17.5 Å². The summed E-state index contributed by atoms with van der Waals surface area (Å²) >= 11 is 1.61. The highest BCUT2D eigenvalue weighted by Gasteiger charge is 2.07. The molecular weight excluding hydrogens is 316 g/mol. The minimum absolute atomic E-state index is 0.104. The van der Waals surface area contributed by atoms with Crippen LogP contribution in [0.2, 0.25) is 0 Å². The number of ether oxygens (including phenoxy) is 2. The molecule has 3 aromatic rings. The number of rotatable bonds is 7. The molecule has 1 N–H and O–H groups in total. The van der Waals surface area contributed by atoms with Crippen LogP contribution < -0.4 is 10.4 Å². The van der Waals surface area contributed by atoms with Gasteiger partial charge in [-0.05, 0) is 29.6 Å². The second-order valence-electron chi connectivity index (χ2n) is 5.01. The van der Waals surface area contributed by atoms with Crippen molar-refractivity contribution in [2.75, 3.05) is 13.2 Å². The fourth-order valence-corrected chi connectivity index (χ4v) is 2.70. The number of thiophene rings is 1. The van der Waals surface area contributed by atoms with Gasteiger partial charge in [-0.15, -0.1) is 11.3 Å². The highest BCUT2D eigenvalue weighted by atomic mass is 32.1. The third kappa shape index (κ3) is 4.41. The number of fused-ring (bicyclic) bond motifs is 1. The summed E-state index contributed by atoms with van der Waals surface area (Å²) in [5.74, 6) is 0.532. The van der Waals surface area contributed by atoms with Crippen molar-refractivity contribution >= 4 is 22.3 Å². The molecule has 5 nitrogen and oxygen atoms in total. The summed E-state index contributed by atoms with van der Waals surface area (Å²) in [5, 5.41) is 12.7. The number of aliphatic hydroxyl groups is 1. The molecule has 120 valence electrons. The lowest BCUT2D eigenvalue weighted by Gasteiger charge is -2.12. The van der Waals surface area contributed by atoms with E-state index in [9.17, 15) is 9.90 Å². The molecule has 0 aliphatic rings. The summed E-state index contributed by atoms with van der Waals surface area (Å²) in [6.45, 7) is 0.781. The molecule has 0 amide bonds. The van der Waals surface area contributed by atoms with E-state index in [2.05, 4.69) is 0 Å². The fraction of sp³-hybridized carbons (Fsp3) is 0.235. The first-order chi connectivity index (χ1) is 11.2. The van der Waals surface area contributed by atoms with Crippen molar-refractivity contribution < 1.29 is 19.0 Å². The highest BCUT2D eigenvalue weighted by molar-refractivity contribution is 7.09. The van der Waals surface area contributed by atoms with Gasteiger partial charge in [-0.25, -0.2) is 4.79 Å². The quantitative estimate of drug-likeness (QED) is 0.674. The predicted molar refractivity (Wildman–Crippen MR) is 88.0 cm³/mol. The molecule has 2 aromatic heterocycles. The van der Waals surface area contributed by atoms with Crippen molar-refractivity contribution in [2.45, 2.75) is 12.7 Å². The molecule has 0 bridgehead atoms. The standard InChI is InChI=1S/C17H16O5S/c18-13(9-20-11-15-2-1-7-23-15)10-21-14-5-3-12-4-6-17(19)22-16(12)8-14/h1-8,13,18H,9-11H2. The van der Waals surface area contributed by atoms with Gasteiger partial charge in [0.15, 0.2) is 0 Å². The van der Waals surface area contributed by atoms with E-state index >= 15 is 0 Å². The van der Waals surface area contributed by atoms with Crippen molar-refractivity contribution in [3.8, 4) is 5.75 Å². The normalized spacial score (nSPS) is 12.4.